The second-order valence-electron chi connectivity index (χ2n) is 11.5. The number of hydrogen-bond donors (Lipinski definition) is 1. The lowest BCUT2D eigenvalue weighted by Crippen LogP contribution is -2.43. The van der Waals surface area contributed by atoms with Crippen LogP contribution in [0.15, 0.2) is 72.5 Å². The van der Waals surface area contributed by atoms with E-state index in [2.05, 4.69) is 47.6 Å². The fourth-order valence-corrected chi connectivity index (χ4v) is 6.60. The van der Waals surface area contributed by atoms with Crippen molar-refractivity contribution >= 4 is 0 Å². The van der Waals surface area contributed by atoms with E-state index in [0.717, 1.165) is 69.6 Å². The van der Waals surface area contributed by atoms with Crippen molar-refractivity contribution in [2.24, 2.45) is 11.8 Å². The number of rotatable bonds is 10. The zero-order chi connectivity index (χ0) is 28.1. The Hall–Kier alpha value is -3.09. The minimum Gasteiger partial charge on any atom is -0.508 e. The highest BCUT2D eigenvalue weighted by Crippen LogP contribution is 2.38. The molecule has 5 nitrogen and oxygen atoms in total. The van der Waals surface area contributed by atoms with Gasteiger partial charge in [-0.1, -0.05) is 37.3 Å². The van der Waals surface area contributed by atoms with E-state index in [0.29, 0.717) is 36.5 Å². The number of ether oxygens (including phenoxy) is 2. The van der Waals surface area contributed by atoms with E-state index in [-0.39, 0.29) is 11.9 Å². The highest BCUT2D eigenvalue weighted by atomic mass is 19.1. The number of phenols is 1. The smallest absolute Gasteiger partial charge is 0.165 e. The molecule has 0 radical (unpaired) electrons. The third kappa shape index (κ3) is 6.79. The summed E-state index contributed by atoms with van der Waals surface area (Å²) in [7, 11) is 1.71. The number of likely N-dealkylation sites (N-methyl/N-ethyl adjacent to an activating group) is 1. The molecule has 0 saturated carbocycles. The van der Waals surface area contributed by atoms with Crippen LogP contribution in [0.1, 0.15) is 42.9 Å². The Morgan fingerprint density at radius 2 is 2.02 bits per heavy atom. The number of benzene rings is 2. The summed E-state index contributed by atoms with van der Waals surface area (Å²) in [5, 5.41) is 9.91. The number of fused-ring (bicyclic) bond motifs is 1. The van der Waals surface area contributed by atoms with Gasteiger partial charge in [0.05, 0.1) is 7.11 Å². The first-order valence-corrected chi connectivity index (χ1v) is 14.7. The van der Waals surface area contributed by atoms with E-state index in [9.17, 15) is 5.11 Å². The molecule has 1 heterocycles. The summed E-state index contributed by atoms with van der Waals surface area (Å²) in [6.45, 7) is 10.9. The fourth-order valence-electron chi connectivity index (χ4n) is 6.60. The van der Waals surface area contributed by atoms with Gasteiger partial charge in [0.1, 0.15) is 18.1 Å². The highest BCUT2D eigenvalue weighted by Gasteiger charge is 2.34. The lowest BCUT2D eigenvalue weighted by Gasteiger charge is -2.41. The van der Waals surface area contributed by atoms with Gasteiger partial charge in [0, 0.05) is 25.7 Å². The fraction of sp³-hybridized carbons (Fsp3) is 0.471. The van der Waals surface area contributed by atoms with E-state index >= 15 is 4.39 Å². The highest BCUT2D eigenvalue weighted by molar-refractivity contribution is 5.37. The molecule has 2 aromatic rings. The molecule has 40 heavy (non-hydrogen) atoms. The van der Waals surface area contributed by atoms with Gasteiger partial charge in [0.15, 0.2) is 11.6 Å². The summed E-state index contributed by atoms with van der Waals surface area (Å²) >= 11 is 0. The molecule has 5 rings (SSSR count). The topological polar surface area (TPSA) is 45.2 Å². The summed E-state index contributed by atoms with van der Waals surface area (Å²) in [4.78, 5) is 4.74. The van der Waals surface area contributed by atoms with E-state index in [4.69, 9.17) is 9.47 Å². The van der Waals surface area contributed by atoms with Gasteiger partial charge >= 0.3 is 0 Å². The zero-order valence-corrected chi connectivity index (χ0v) is 23.9. The Balaban J connectivity index is 1.25. The van der Waals surface area contributed by atoms with Crippen LogP contribution < -0.4 is 4.74 Å². The monoisotopic (exact) mass is 546 g/mol. The van der Waals surface area contributed by atoms with Crippen LogP contribution in [0.3, 0.4) is 0 Å². The van der Waals surface area contributed by atoms with Gasteiger partial charge in [-0.25, -0.2) is 4.39 Å². The van der Waals surface area contributed by atoms with Crippen LogP contribution in [0.25, 0.3) is 0 Å². The standard InChI is InChI=1S/C34H43FN2O3/c1-4-37(23-25-7-14-34(32(35)18-25)40-17-16-36-15-5-6-24(2)22-36)33-21-30(39-3)12-13-31(33)28-9-8-27-20-29(38)11-10-26(27)19-28/h7,10-14,18,20-21,28,31,33,38H,2,4-6,8-9,15-17,19,22-23H2,1,3H3/t28-,31?,33?/m1/s1. The van der Waals surface area contributed by atoms with E-state index in [1.807, 2.05) is 12.1 Å². The lowest BCUT2D eigenvalue weighted by atomic mass is 9.72. The van der Waals surface area contributed by atoms with Crippen LogP contribution in [0.4, 0.5) is 4.39 Å². The van der Waals surface area contributed by atoms with Gasteiger partial charge < -0.3 is 14.6 Å². The van der Waals surface area contributed by atoms with Crippen LogP contribution in [-0.4, -0.2) is 60.8 Å². The molecule has 6 heteroatoms. The van der Waals surface area contributed by atoms with Gasteiger partial charge in [-0.3, -0.25) is 9.80 Å². The predicted molar refractivity (Wildman–Crippen MR) is 158 cm³/mol. The van der Waals surface area contributed by atoms with Gasteiger partial charge in [0.2, 0.25) is 0 Å². The van der Waals surface area contributed by atoms with Crippen molar-refractivity contribution in [3.63, 3.8) is 0 Å². The first-order valence-electron chi connectivity index (χ1n) is 14.7. The Kier molecular flexibility index (Phi) is 9.28. The average molecular weight is 547 g/mol. The van der Waals surface area contributed by atoms with Crippen LogP contribution in [0.5, 0.6) is 11.5 Å². The number of piperidine rings is 1. The van der Waals surface area contributed by atoms with Crippen molar-refractivity contribution in [2.45, 2.75) is 51.6 Å². The van der Waals surface area contributed by atoms with Crippen LogP contribution in [0.2, 0.25) is 0 Å². The van der Waals surface area contributed by atoms with E-state index in [1.54, 1.807) is 25.3 Å². The zero-order valence-electron chi connectivity index (χ0n) is 23.9. The minimum atomic E-state index is -0.308. The second kappa shape index (κ2) is 13.0. The molecular weight excluding hydrogens is 503 g/mol. The van der Waals surface area contributed by atoms with Crippen LogP contribution in [-0.2, 0) is 24.1 Å². The number of hydrogen-bond acceptors (Lipinski definition) is 5. The molecule has 214 valence electrons. The van der Waals surface area contributed by atoms with Gasteiger partial charge in [-0.2, -0.15) is 0 Å². The molecule has 0 amide bonds. The molecule has 2 unspecified atom stereocenters. The molecule has 3 aliphatic rings. The van der Waals surface area contributed by atoms with E-state index < -0.39 is 0 Å². The summed E-state index contributed by atoms with van der Waals surface area (Å²) in [5.41, 5.74) is 4.78. The minimum absolute atomic E-state index is 0.145. The van der Waals surface area contributed by atoms with Crippen molar-refractivity contribution in [1.82, 2.24) is 9.80 Å². The number of aryl methyl sites for hydroxylation is 1. The molecule has 1 N–H and O–H groups in total. The predicted octanol–water partition coefficient (Wildman–Crippen LogP) is 6.27. The van der Waals surface area contributed by atoms with Crippen molar-refractivity contribution < 1.29 is 19.0 Å². The number of likely N-dealkylation sites (tertiary alicyclic amines) is 1. The Morgan fingerprint density at radius 3 is 2.80 bits per heavy atom. The molecular formula is C34H43FN2O3. The SMILES string of the molecule is C=C1CCCN(CCOc2ccc(CN(CC)C3C=C(OC)C=CC3[C@@H]3CCc4cc(O)ccc4C3)cc2F)C1. The van der Waals surface area contributed by atoms with Gasteiger partial charge in [-0.15, -0.1) is 0 Å². The number of aromatic hydroxyl groups is 1. The molecule has 1 fully saturated rings. The maximum absolute atomic E-state index is 15.1. The molecule has 0 aromatic heterocycles. The molecule has 0 spiro atoms. The summed E-state index contributed by atoms with van der Waals surface area (Å²) < 4.78 is 26.6. The second-order valence-corrected chi connectivity index (χ2v) is 11.5. The molecule has 1 aliphatic heterocycles. The van der Waals surface area contributed by atoms with Crippen LogP contribution in [0, 0.1) is 17.7 Å². The average Bonchev–Trinajstić information content (AvgIpc) is 2.96. The Morgan fingerprint density at radius 1 is 1.15 bits per heavy atom. The van der Waals surface area contributed by atoms with Crippen molar-refractivity contribution in [3.8, 4) is 11.5 Å². The number of methoxy groups -OCH3 is 1. The molecule has 2 aromatic carbocycles. The quantitative estimate of drug-likeness (QED) is 0.356. The number of phenolic OH excluding ortho intramolecular Hbond substituents is 1. The first kappa shape index (κ1) is 28.4. The van der Waals surface area contributed by atoms with Crippen LogP contribution >= 0.6 is 0 Å². The largest absolute Gasteiger partial charge is 0.508 e. The van der Waals surface area contributed by atoms with Crippen molar-refractivity contribution in [3.05, 3.63) is 95.0 Å². The molecule has 2 aliphatic carbocycles. The maximum Gasteiger partial charge on any atom is 0.165 e. The van der Waals surface area contributed by atoms with Gasteiger partial charge in [-0.05, 0) is 110 Å². The number of halogens is 1. The summed E-state index contributed by atoms with van der Waals surface area (Å²) in [5.74, 6) is 2.01. The summed E-state index contributed by atoms with van der Waals surface area (Å²) in [6.07, 6.45) is 11.9. The maximum atomic E-state index is 15.1. The molecule has 3 atom stereocenters. The van der Waals surface area contributed by atoms with Crippen molar-refractivity contribution in [1.29, 1.82) is 0 Å². The number of allylic oxidation sites excluding steroid dienone is 1. The molecule has 1 saturated heterocycles. The normalized spacial score (nSPS) is 23.1. The van der Waals surface area contributed by atoms with Crippen molar-refractivity contribution in [2.75, 3.05) is 39.9 Å². The Labute approximate surface area is 238 Å². The Bertz CT molecular complexity index is 1260. The third-order valence-corrected chi connectivity index (χ3v) is 8.78. The van der Waals surface area contributed by atoms with E-state index in [1.165, 1.54) is 16.7 Å². The lowest BCUT2D eigenvalue weighted by molar-refractivity contribution is 0.147. The molecule has 0 bridgehead atoms. The number of nitrogens with zero attached hydrogens (tertiary/aromatic N) is 2. The first-order chi connectivity index (χ1) is 19.4. The van der Waals surface area contributed by atoms with Gasteiger partial charge in [0.25, 0.3) is 0 Å². The summed E-state index contributed by atoms with van der Waals surface area (Å²) in [6, 6.07) is 11.3. The third-order valence-electron chi connectivity index (χ3n) is 8.78.